The third kappa shape index (κ3) is 4.58. The molecule has 0 spiro atoms. The normalized spacial score (nSPS) is 18.2. The summed E-state index contributed by atoms with van der Waals surface area (Å²) in [7, 11) is 1.61. The Balaban J connectivity index is 0.00000182. The van der Waals surface area contributed by atoms with E-state index in [0.29, 0.717) is 44.1 Å². The Morgan fingerprint density at radius 1 is 1.33 bits per heavy atom. The Labute approximate surface area is 174 Å². The molecule has 1 aliphatic carbocycles. The number of hydrogen-bond donors (Lipinski definition) is 2. The average Bonchev–Trinajstić information content (AvgIpc) is 3.19. The summed E-state index contributed by atoms with van der Waals surface area (Å²) in [6.07, 6.45) is 0.888. The van der Waals surface area contributed by atoms with E-state index >= 15 is 0 Å². The van der Waals surface area contributed by atoms with Crippen LogP contribution in [0, 0.1) is 12.8 Å². The molecule has 0 saturated heterocycles. The molecule has 0 bridgehead atoms. The van der Waals surface area contributed by atoms with Gasteiger partial charge < -0.3 is 15.8 Å². The smallest absolute Gasteiger partial charge is 0.332 e. The molecule has 2 heterocycles. The van der Waals surface area contributed by atoms with Gasteiger partial charge in [0, 0.05) is 37.7 Å². The molecule has 1 fully saturated rings. The predicted octanol–water partition coefficient (Wildman–Crippen LogP) is 1.65. The lowest BCUT2D eigenvalue weighted by atomic mass is 10.2. The minimum atomic E-state index is -0.216. The Kier molecular flexibility index (Phi) is 8.98. The Morgan fingerprint density at radius 2 is 2.00 bits per heavy atom. The monoisotopic (exact) mass is 438 g/mol. The molecule has 1 saturated carbocycles. The number of nitrogens with two attached hydrogens (primary N) is 1. The van der Waals surface area contributed by atoms with Crippen LogP contribution in [0.5, 0.6) is 0 Å². The maximum absolute atomic E-state index is 13.1. The fourth-order valence-electron chi connectivity index (χ4n) is 3.22. The lowest BCUT2D eigenvalue weighted by molar-refractivity contribution is 0.186. The van der Waals surface area contributed by atoms with Crippen molar-refractivity contribution in [2.24, 2.45) is 11.7 Å². The van der Waals surface area contributed by atoms with Gasteiger partial charge in [-0.2, -0.15) is 0 Å². The second kappa shape index (κ2) is 10.0. The number of hydrogen-bond acceptors (Lipinski definition) is 6. The van der Waals surface area contributed by atoms with Crippen LogP contribution < -0.4 is 22.3 Å². The van der Waals surface area contributed by atoms with Gasteiger partial charge in [0.05, 0.1) is 18.5 Å². The molecule has 2 aromatic heterocycles. The summed E-state index contributed by atoms with van der Waals surface area (Å²) in [5.41, 5.74) is 6.12. The minimum absolute atomic E-state index is 0. The van der Waals surface area contributed by atoms with E-state index in [1.807, 2.05) is 6.92 Å². The Hall–Kier alpha value is -0.900. The van der Waals surface area contributed by atoms with E-state index < -0.39 is 0 Å². The largest absolute Gasteiger partial charge is 0.383 e. The van der Waals surface area contributed by atoms with Crippen LogP contribution in [-0.4, -0.2) is 35.9 Å². The predicted molar refractivity (Wildman–Crippen MR) is 115 cm³/mol. The molecule has 3 rings (SSSR count). The lowest BCUT2D eigenvalue weighted by Crippen LogP contribution is -2.40. The van der Waals surface area contributed by atoms with E-state index in [-0.39, 0.29) is 42.1 Å². The van der Waals surface area contributed by atoms with E-state index in [1.165, 1.54) is 15.9 Å². The minimum Gasteiger partial charge on any atom is -0.383 e. The lowest BCUT2D eigenvalue weighted by Gasteiger charge is -2.11. The molecule has 7 nitrogen and oxygen atoms in total. The molecule has 0 amide bonds. The summed E-state index contributed by atoms with van der Waals surface area (Å²) >= 11 is 1.51. The zero-order valence-electron chi connectivity index (χ0n) is 15.8. The van der Waals surface area contributed by atoms with Gasteiger partial charge in [-0.15, -0.1) is 36.2 Å². The second-order valence-electron chi connectivity index (χ2n) is 6.68. The maximum Gasteiger partial charge on any atom is 0.332 e. The molecule has 1 aliphatic rings. The number of ether oxygens (including phenoxy) is 1. The number of aryl methyl sites for hydroxylation is 1. The summed E-state index contributed by atoms with van der Waals surface area (Å²) in [6, 6.07) is 0.0244. The van der Waals surface area contributed by atoms with Gasteiger partial charge in [-0.25, -0.2) is 4.79 Å². The SMILES string of the molecule is COCCn1c(=O)n([C@H]2C[C@@H]2C)c(=O)c2c(C)c(CNCCN)sc21.Cl.Cl. The molecule has 2 aromatic rings. The first-order valence-corrected chi connectivity index (χ1v) is 9.49. The van der Waals surface area contributed by atoms with E-state index in [4.69, 9.17) is 10.5 Å². The quantitative estimate of drug-likeness (QED) is 0.611. The number of rotatable bonds is 8. The third-order valence-corrected chi connectivity index (χ3v) is 6.18. The molecule has 10 heteroatoms. The summed E-state index contributed by atoms with van der Waals surface area (Å²) in [4.78, 5) is 27.8. The van der Waals surface area contributed by atoms with Gasteiger partial charge in [0.1, 0.15) is 4.83 Å². The molecule has 2 atom stereocenters. The van der Waals surface area contributed by atoms with Crippen LogP contribution in [0.4, 0.5) is 0 Å². The zero-order chi connectivity index (χ0) is 18.1. The van der Waals surface area contributed by atoms with Gasteiger partial charge in [-0.05, 0) is 24.8 Å². The first-order valence-electron chi connectivity index (χ1n) is 8.68. The van der Waals surface area contributed by atoms with Crippen molar-refractivity contribution in [1.29, 1.82) is 0 Å². The Bertz CT molecular complexity index is 893. The number of methoxy groups -OCH3 is 1. The van der Waals surface area contributed by atoms with Crippen molar-refractivity contribution < 1.29 is 4.74 Å². The van der Waals surface area contributed by atoms with Gasteiger partial charge in [-0.3, -0.25) is 13.9 Å². The standard InChI is InChI=1S/C17H26N4O3S.2ClH/c1-10-8-12(10)21-15(22)14-11(2)13(9-19-5-4-18)25-16(14)20(17(21)23)6-7-24-3;;/h10,12,19H,4-9,18H2,1-3H3;2*1H/t10-,12-;;/m0../s1. The number of nitrogens with one attached hydrogen (secondary N) is 1. The van der Waals surface area contributed by atoms with Crippen molar-refractivity contribution in [1.82, 2.24) is 14.5 Å². The van der Waals surface area contributed by atoms with Gasteiger partial charge in [0.2, 0.25) is 0 Å². The first-order chi connectivity index (χ1) is 12.0. The van der Waals surface area contributed by atoms with Crippen molar-refractivity contribution >= 4 is 46.4 Å². The number of aromatic nitrogens is 2. The van der Waals surface area contributed by atoms with Crippen molar-refractivity contribution in [3.05, 3.63) is 31.3 Å². The molecular formula is C17H28Cl2N4O3S. The molecule has 0 unspecified atom stereocenters. The van der Waals surface area contributed by atoms with Gasteiger partial charge >= 0.3 is 5.69 Å². The van der Waals surface area contributed by atoms with E-state index in [2.05, 4.69) is 12.2 Å². The summed E-state index contributed by atoms with van der Waals surface area (Å²) in [5, 5.41) is 3.94. The van der Waals surface area contributed by atoms with Crippen LogP contribution in [0.2, 0.25) is 0 Å². The van der Waals surface area contributed by atoms with Crippen molar-refractivity contribution in [2.45, 2.75) is 39.4 Å². The van der Waals surface area contributed by atoms with Gasteiger partial charge in [0.25, 0.3) is 5.56 Å². The molecular weight excluding hydrogens is 411 g/mol. The van der Waals surface area contributed by atoms with Crippen LogP contribution in [0.25, 0.3) is 10.2 Å². The highest BCUT2D eigenvalue weighted by Crippen LogP contribution is 2.41. The molecule has 3 N–H and O–H groups in total. The number of fused-ring (bicyclic) bond motifs is 1. The second-order valence-corrected chi connectivity index (χ2v) is 7.76. The number of nitrogens with zero attached hydrogens (tertiary/aromatic N) is 2. The van der Waals surface area contributed by atoms with E-state index in [9.17, 15) is 9.59 Å². The highest BCUT2D eigenvalue weighted by atomic mass is 35.5. The van der Waals surface area contributed by atoms with Crippen LogP contribution in [-0.2, 0) is 17.8 Å². The summed E-state index contributed by atoms with van der Waals surface area (Å²) in [6.45, 7) is 6.85. The average molecular weight is 439 g/mol. The van der Waals surface area contributed by atoms with Crippen molar-refractivity contribution in [3.8, 4) is 0 Å². The summed E-state index contributed by atoms with van der Waals surface area (Å²) in [5.74, 6) is 0.378. The fraction of sp³-hybridized carbons (Fsp3) is 0.647. The molecule has 0 aliphatic heterocycles. The van der Waals surface area contributed by atoms with Crippen LogP contribution in [0.15, 0.2) is 9.59 Å². The first kappa shape index (κ1) is 24.1. The van der Waals surface area contributed by atoms with E-state index in [0.717, 1.165) is 21.7 Å². The molecule has 0 radical (unpaired) electrons. The highest BCUT2D eigenvalue weighted by molar-refractivity contribution is 7.18. The van der Waals surface area contributed by atoms with Crippen molar-refractivity contribution in [3.63, 3.8) is 0 Å². The number of thiophene rings is 1. The van der Waals surface area contributed by atoms with E-state index in [1.54, 1.807) is 11.7 Å². The van der Waals surface area contributed by atoms with Crippen LogP contribution in [0.3, 0.4) is 0 Å². The van der Waals surface area contributed by atoms with Crippen LogP contribution >= 0.6 is 36.2 Å². The van der Waals surface area contributed by atoms with Gasteiger partial charge in [-0.1, -0.05) is 6.92 Å². The fourth-order valence-corrected chi connectivity index (χ4v) is 4.50. The van der Waals surface area contributed by atoms with Gasteiger partial charge in [0.15, 0.2) is 0 Å². The molecule has 27 heavy (non-hydrogen) atoms. The zero-order valence-corrected chi connectivity index (χ0v) is 18.3. The molecule has 0 aromatic carbocycles. The number of halogens is 2. The maximum atomic E-state index is 13.1. The summed E-state index contributed by atoms with van der Waals surface area (Å²) < 4.78 is 8.33. The highest BCUT2D eigenvalue weighted by Gasteiger charge is 2.38. The van der Waals surface area contributed by atoms with Crippen molar-refractivity contribution in [2.75, 3.05) is 26.8 Å². The topological polar surface area (TPSA) is 91.3 Å². The molecule has 154 valence electrons. The Morgan fingerprint density at radius 3 is 2.56 bits per heavy atom. The van der Waals surface area contributed by atoms with Crippen LogP contribution in [0.1, 0.15) is 29.8 Å². The third-order valence-electron chi connectivity index (χ3n) is 4.87.